The molecule has 0 saturated carbocycles. The number of amides is 3. The molecule has 0 bridgehead atoms. The standard InChI is InChI=1S/C34H34ClN5O4/c1-2-17-38-22-32(43)39-29(18-24-11-14-26(41)15-12-24)34(44)37(20-25-9-6-10-27-28(35)19-36-33(25)27)21-30(39)40(38)31(42)16-13-23-7-4-3-5-8-23/h2-12,14-15,19,29-30,36,41H,1,13,16-18,20-22H2/t29-,30-/m0/s1. The van der Waals surface area contributed by atoms with Gasteiger partial charge in [0.15, 0.2) is 0 Å². The van der Waals surface area contributed by atoms with E-state index in [2.05, 4.69) is 11.6 Å². The fraction of sp³-hybridized carbons (Fsp3) is 0.265. The van der Waals surface area contributed by atoms with Gasteiger partial charge in [0.1, 0.15) is 18.0 Å². The zero-order chi connectivity index (χ0) is 30.8. The van der Waals surface area contributed by atoms with Crippen LogP contribution in [0.1, 0.15) is 23.1 Å². The van der Waals surface area contributed by atoms with E-state index in [-0.39, 0.29) is 55.9 Å². The van der Waals surface area contributed by atoms with Crippen LogP contribution in [0.25, 0.3) is 10.9 Å². The van der Waals surface area contributed by atoms with Crippen LogP contribution < -0.4 is 0 Å². The molecule has 4 aromatic rings. The van der Waals surface area contributed by atoms with E-state index in [0.717, 1.165) is 27.6 Å². The number of fused-ring (bicyclic) bond motifs is 2. The minimum atomic E-state index is -0.840. The number of phenolic OH excluding ortho intramolecular Hbond substituents is 1. The topological polar surface area (TPSA) is 100 Å². The highest BCUT2D eigenvalue weighted by Crippen LogP contribution is 2.32. The lowest BCUT2D eigenvalue weighted by Crippen LogP contribution is -2.75. The molecule has 6 rings (SSSR count). The number of hydrogen-bond acceptors (Lipinski definition) is 5. The van der Waals surface area contributed by atoms with Gasteiger partial charge in [-0.2, -0.15) is 0 Å². The quantitative estimate of drug-likeness (QED) is 0.271. The number of carbonyl (C=O) groups excluding carboxylic acids is 3. The Morgan fingerprint density at radius 3 is 2.55 bits per heavy atom. The number of halogens is 1. The SMILES string of the molecule is C=CCN1CC(=O)N2[C@@H](Cc3ccc(O)cc3)C(=O)N(Cc3cccc4c(Cl)c[nH]c34)C[C@@H]2N1C(=O)CCc1ccccc1. The number of aryl methyl sites for hydroxylation is 1. The van der Waals surface area contributed by atoms with Crippen molar-refractivity contribution in [2.75, 3.05) is 19.6 Å². The molecule has 226 valence electrons. The number of carbonyl (C=O) groups is 3. The molecule has 0 unspecified atom stereocenters. The highest BCUT2D eigenvalue weighted by Gasteiger charge is 2.51. The van der Waals surface area contributed by atoms with Gasteiger partial charge in [0, 0.05) is 37.5 Å². The van der Waals surface area contributed by atoms with Crippen LogP contribution in [-0.2, 0) is 33.8 Å². The summed E-state index contributed by atoms with van der Waals surface area (Å²) < 4.78 is 0. The van der Waals surface area contributed by atoms with Crippen molar-refractivity contribution < 1.29 is 19.5 Å². The molecule has 2 N–H and O–H groups in total. The van der Waals surface area contributed by atoms with Gasteiger partial charge in [-0.1, -0.05) is 78.3 Å². The van der Waals surface area contributed by atoms with E-state index >= 15 is 0 Å². The van der Waals surface area contributed by atoms with E-state index < -0.39 is 12.2 Å². The molecular weight excluding hydrogens is 578 g/mol. The van der Waals surface area contributed by atoms with Gasteiger partial charge in [-0.05, 0) is 35.2 Å². The summed E-state index contributed by atoms with van der Waals surface area (Å²) in [4.78, 5) is 48.6. The number of H-pyrrole nitrogens is 1. The van der Waals surface area contributed by atoms with Gasteiger partial charge in [-0.3, -0.25) is 14.4 Å². The van der Waals surface area contributed by atoms with Crippen LogP contribution in [0.3, 0.4) is 0 Å². The van der Waals surface area contributed by atoms with Crippen LogP contribution in [0, 0.1) is 0 Å². The van der Waals surface area contributed by atoms with Crippen molar-refractivity contribution in [3.05, 3.63) is 113 Å². The summed E-state index contributed by atoms with van der Waals surface area (Å²) in [5.41, 5.74) is 3.56. The van der Waals surface area contributed by atoms with Crippen molar-refractivity contribution in [3.8, 4) is 5.75 Å². The summed E-state index contributed by atoms with van der Waals surface area (Å²) in [6.07, 6.45) is 3.73. The average Bonchev–Trinajstić information content (AvgIpc) is 3.41. The maximum atomic E-state index is 14.3. The Kier molecular flexibility index (Phi) is 8.41. The lowest BCUT2D eigenvalue weighted by Gasteiger charge is -2.55. The number of benzene rings is 3. The second-order valence-corrected chi connectivity index (χ2v) is 11.6. The van der Waals surface area contributed by atoms with Crippen molar-refractivity contribution in [2.45, 2.75) is 38.0 Å². The number of aromatic amines is 1. The molecule has 3 amide bonds. The Bertz CT molecular complexity index is 1690. The fourth-order valence-electron chi connectivity index (χ4n) is 6.29. The Morgan fingerprint density at radius 1 is 1.02 bits per heavy atom. The van der Waals surface area contributed by atoms with E-state index in [4.69, 9.17) is 11.6 Å². The molecule has 2 aliphatic rings. The van der Waals surface area contributed by atoms with Crippen molar-refractivity contribution in [3.63, 3.8) is 0 Å². The van der Waals surface area contributed by atoms with Crippen LogP contribution >= 0.6 is 11.6 Å². The molecule has 3 aromatic carbocycles. The lowest BCUT2D eigenvalue weighted by molar-refractivity contribution is -0.205. The van der Waals surface area contributed by atoms with E-state index in [0.29, 0.717) is 18.0 Å². The summed E-state index contributed by atoms with van der Waals surface area (Å²) in [5.74, 6) is -0.440. The summed E-state index contributed by atoms with van der Waals surface area (Å²) in [6, 6.07) is 21.4. The highest BCUT2D eigenvalue weighted by molar-refractivity contribution is 6.35. The van der Waals surface area contributed by atoms with Gasteiger partial charge >= 0.3 is 0 Å². The van der Waals surface area contributed by atoms with Crippen LogP contribution in [0.5, 0.6) is 5.75 Å². The van der Waals surface area contributed by atoms with Crippen molar-refractivity contribution >= 4 is 40.2 Å². The van der Waals surface area contributed by atoms with Gasteiger partial charge in [0.05, 0.1) is 23.6 Å². The first-order valence-electron chi connectivity index (χ1n) is 14.7. The van der Waals surface area contributed by atoms with Crippen LogP contribution in [-0.4, -0.2) is 79.5 Å². The Hall–Kier alpha value is -4.60. The van der Waals surface area contributed by atoms with Gasteiger partial charge in [-0.25, -0.2) is 10.0 Å². The van der Waals surface area contributed by atoms with Crippen LogP contribution in [0.15, 0.2) is 91.6 Å². The second kappa shape index (κ2) is 12.6. The van der Waals surface area contributed by atoms with Crippen molar-refractivity contribution in [1.29, 1.82) is 0 Å². The smallest absolute Gasteiger partial charge is 0.246 e. The minimum absolute atomic E-state index is 0.0424. The molecule has 0 spiro atoms. The summed E-state index contributed by atoms with van der Waals surface area (Å²) in [5, 5.41) is 14.7. The summed E-state index contributed by atoms with van der Waals surface area (Å²) in [6.45, 7) is 4.54. The normalized spacial score (nSPS) is 19.0. The molecule has 2 fully saturated rings. The number of nitrogens with zero attached hydrogens (tertiary/aromatic N) is 4. The van der Waals surface area contributed by atoms with Crippen molar-refractivity contribution in [1.82, 2.24) is 24.8 Å². The number of hydrazine groups is 1. The number of piperazine rings is 1. The maximum absolute atomic E-state index is 14.3. The zero-order valence-electron chi connectivity index (χ0n) is 24.2. The van der Waals surface area contributed by atoms with Gasteiger partial charge in [0.2, 0.25) is 17.7 Å². The summed E-state index contributed by atoms with van der Waals surface area (Å²) >= 11 is 6.39. The van der Waals surface area contributed by atoms with Gasteiger partial charge in [-0.15, -0.1) is 6.58 Å². The molecule has 3 heterocycles. The number of para-hydroxylation sites is 1. The molecular formula is C34H34ClN5O4. The summed E-state index contributed by atoms with van der Waals surface area (Å²) in [7, 11) is 0. The average molecular weight is 612 g/mol. The second-order valence-electron chi connectivity index (χ2n) is 11.2. The Morgan fingerprint density at radius 2 is 1.80 bits per heavy atom. The number of phenols is 1. The predicted molar refractivity (Wildman–Crippen MR) is 168 cm³/mol. The molecule has 2 saturated heterocycles. The number of hydrogen-bond donors (Lipinski definition) is 2. The fourth-order valence-corrected chi connectivity index (χ4v) is 6.50. The molecule has 0 aliphatic carbocycles. The zero-order valence-corrected chi connectivity index (χ0v) is 25.0. The van der Waals surface area contributed by atoms with E-state index in [1.165, 1.54) is 0 Å². The molecule has 9 nitrogen and oxygen atoms in total. The van der Waals surface area contributed by atoms with Crippen molar-refractivity contribution in [2.24, 2.45) is 0 Å². The number of rotatable bonds is 9. The lowest BCUT2D eigenvalue weighted by atomic mass is 9.97. The Labute approximate surface area is 260 Å². The third kappa shape index (κ3) is 5.80. The van der Waals surface area contributed by atoms with Gasteiger partial charge < -0.3 is 19.9 Å². The van der Waals surface area contributed by atoms with E-state index in [1.807, 2.05) is 48.5 Å². The molecule has 2 atom stereocenters. The molecule has 1 aromatic heterocycles. The first kappa shape index (κ1) is 29.5. The molecule has 10 heteroatoms. The maximum Gasteiger partial charge on any atom is 0.246 e. The number of nitrogens with one attached hydrogen (secondary N) is 1. The van der Waals surface area contributed by atoms with E-state index in [1.54, 1.807) is 56.4 Å². The first-order chi connectivity index (χ1) is 21.3. The van der Waals surface area contributed by atoms with Crippen LogP contribution in [0.2, 0.25) is 5.02 Å². The third-order valence-electron chi connectivity index (χ3n) is 8.37. The third-order valence-corrected chi connectivity index (χ3v) is 8.69. The highest BCUT2D eigenvalue weighted by atomic mass is 35.5. The largest absolute Gasteiger partial charge is 0.508 e. The monoisotopic (exact) mass is 611 g/mol. The Balaban J connectivity index is 1.37. The molecule has 2 aliphatic heterocycles. The number of aromatic nitrogens is 1. The molecule has 44 heavy (non-hydrogen) atoms. The van der Waals surface area contributed by atoms with E-state index in [9.17, 15) is 19.5 Å². The van der Waals surface area contributed by atoms with Gasteiger partial charge in [0.25, 0.3) is 0 Å². The number of aromatic hydroxyl groups is 1. The predicted octanol–water partition coefficient (Wildman–Crippen LogP) is 4.51. The minimum Gasteiger partial charge on any atom is -0.508 e. The van der Waals surface area contributed by atoms with Crippen LogP contribution in [0.4, 0.5) is 0 Å². The molecule has 0 radical (unpaired) electrons. The first-order valence-corrected chi connectivity index (χ1v) is 15.1.